The predicted octanol–water partition coefficient (Wildman–Crippen LogP) is 2.40. The van der Waals surface area contributed by atoms with Crippen LogP contribution in [-0.4, -0.2) is 22.8 Å². The number of rotatable bonds is 2. The van der Waals surface area contributed by atoms with E-state index in [4.69, 9.17) is 0 Å². The summed E-state index contributed by atoms with van der Waals surface area (Å²) < 4.78 is 13.7. The lowest BCUT2D eigenvalue weighted by Gasteiger charge is -2.45. The van der Waals surface area contributed by atoms with E-state index < -0.39 is 5.60 Å². The van der Waals surface area contributed by atoms with Gasteiger partial charge in [0.2, 0.25) is 0 Å². The van der Waals surface area contributed by atoms with Gasteiger partial charge in [-0.25, -0.2) is 4.39 Å². The van der Waals surface area contributed by atoms with Crippen molar-refractivity contribution in [3.63, 3.8) is 0 Å². The van der Waals surface area contributed by atoms with E-state index >= 15 is 0 Å². The van der Waals surface area contributed by atoms with Gasteiger partial charge in [0, 0.05) is 18.5 Å². The largest absolute Gasteiger partial charge is 0.389 e. The molecule has 0 aromatic heterocycles. The molecule has 2 heterocycles. The quantitative estimate of drug-likeness (QED) is 0.843. The molecule has 0 spiro atoms. The molecule has 0 aliphatic carbocycles. The minimum Gasteiger partial charge on any atom is -0.389 e. The zero-order valence-electron chi connectivity index (χ0n) is 10.5. The van der Waals surface area contributed by atoms with Crippen LogP contribution in [0.5, 0.6) is 0 Å². The van der Waals surface area contributed by atoms with Gasteiger partial charge >= 0.3 is 0 Å². The lowest BCUT2D eigenvalue weighted by atomic mass is 9.74. The molecule has 2 fully saturated rings. The van der Waals surface area contributed by atoms with Crippen LogP contribution < -0.4 is 5.32 Å². The maximum Gasteiger partial charge on any atom is 0.126 e. The number of aliphatic hydroxyl groups is 1. The molecule has 0 amide bonds. The fraction of sp³-hybridized carbons (Fsp3) is 0.600. The van der Waals surface area contributed by atoms with E-state index in [1.807, 2.05) is 6.07 Å². The number of benzene rings is 1. The van der Waals surface area contributed by atoms with Gasteiger partial charge in [-0.15, -0.1) is 0 Å². The highest BCUT2D eigenvalue weighted by molar-refractivity contribution is 5.20. The Bertz CT molecular complexity index is 422. The van der Waals surface area contributed by atoms with Crippen LogP contribution in [-0.2, 0) is 6.42 Å². The standard InChI is InChI=1S/C15H20FNO/c16-14-7-2-1-4-11(14)8-15(18)9-12-5-3-6-13(10-15)17-12/h1-2,4,7,12-13,17-18H,3,5-6,8-10H2. The number of piperidine rings is 2. The third kappa shape index (κ3) is 2.43. The van der Waals surface area contributed by atoms with E-state index in [1.165, 1.54) is 12.5 Å². The van der Waals surface area contributed by atoms with Gasteiger partial charge in [0.1, 0.15) is 5.82 Å². The Morgan fingerprint density at radius 3 is 2.56 bits per heavy atom. The van der Waals surface area contributed by atoms with Gasteiger partial charge in [-0.1, -0.05) is 24.6 Å². The van der Waals surface area contributed by atoms with Crippen molar-refractivity contribution in [2.75, 3.05) is 0 Å². The van der Waals surface area contributed by atoms with Crippen LogP contribution in [0.25, 0.3) is 0 Å². The number of halogens is 1. The molecular weight excluding hydrogens is 229 g/mol. The van der Waals surface area contributed by atoms with Gasteiger partial charge in [0.05, 0.1) is 5.60 Å². The minimum atomic E-state index is -0.733. The summed E-state index contributed by atoms with van der Waals surface area (Å²) in [4.78, 5) is 0. The Kier molecular flexibility index (Phi) is 3.12. The Morgan fingerprint density at radius 2 is 1.89 bits per heavy atom. The van der Waals surface area contributed by atoms with Gasteiger partial charge in [-0.3, -0.25) is 0 Å². The molecule has 0 saturated carbocycles. The van der Waals surface area contributed by atoms with E-state index in [9.17, 15) is 9.50 Å². The van der Waals surface area contributed by atoms with Crippen molar-refractivity contribution < 1.29 is 9.50 Å². The first kappa shape index (κ1) is 12.1. The SMILES string of the molecule is OC1(Cc2ccccc2F)CC2CCCC(C1)N2. The summed E-state index contributed by atoms with van der Waals surface area (Å²) in [5.74, 6) is -0.199. The third-order valence-electron chi connectivity index (χ3n) is 4.31. The van der Waals surface area contributed by atoms with Crippen molar-refractivity contribution in [2.24, 2.45) is 0 Å². The van der Waals surface area contributed by atoms with Crippen molar-refractivity contribution in [2.45, 2.75) is 56.2 Å². The normalized spacial score (nSPS) is 35.4. The van der Waals surface area contributed by atoms with Gasteiger partial charge in [0.25, 0.3) is 0 Å². The summed E-state index contributed by atoms with van der Waals surface area (Å²) in [5, 5.41) is 14.3. The first-order valence-electron chi connectivity index (χ1n) is 6.86. The summed E-state index contributed by atoms with van der Waals surface area (Å²) in [6, 6.07) is 7.61. The zero-order valence-corrected chi connectivity index (χ0v) is 10.5. The average Bonchev–Trinajstić information content (AvgIpc) is 2.31. The van der Waals surface area contributed by atoms with Crippen LogP contribution >= 0.6 is 0 Å². The smallest absolute Gasteiger partial charge is 0.126 e. The molecule has 2 unspecified atom stereocenters. The number of nitrogens with one attached hydrogen (secondary N) is 1. The summed E-state index contributed by atoms with van der Waals surface area (Å²) in [6.45, 7) is 0. The highest BCUT2D eigenvalue weighted by Gasteiger charge is 2.40. The van der Waals surface area contributed by atoms with Crippen molar-refractivity contribution in [1.82, 2.24) is 5.32 Å². The fourth-order valence-corrected chi connectivity index (χ4v) is 3.57. The van der Waals surface area contributed by atoms with E-state index in [2.05, 4.69) is 5.32 Å². The van der Waals surface area contributed by atoms with Crippen molar-refractivity contribution in [1.29, 1.82) is 0 Å². The Balaban J connectivity index is 1.77. The lowest BCUT2D eigenvalue weighted by Crippen LogP contribution is -2.56. The van der Waals surface area contributed by atoms with Crippen LogP contribution in [0.1, 0.15) is 37.7 Å². The van der Waals surface area contributed by atoms with Gasteiger partial charge < -0.3 is 10.4 Å². The molecule has 2 saturated heterocycles. The molecule has 1 aromatic rings. The fourth-order valence-electron chi connectivity index (χ4n) is 3.57. The molecule has 3 heteroatoms. The Hall–Kier alpha value is -0.930. The zero-order chi connectivity index (χ0) is 12.6. The molecular formula is C15H20FNO. The lowest BCUT2D eigenvalue weighted by molar-refractivity contribution is -0.0308. The first-order valence-corrected chi connectivity index (χ1v) is 6.86. The Labute approximate surface area is 107 Å². The third-order valence-corrected chi connectivity index (χ3v) is 4.31. The first-order chi connectivity index (χ1) is 8.65. The molecule has 2 bridgehead atoms. The second-order valence-corrected chi connectivity index (χ2v) is 5.89. The molecule has 2 atom stereocenters. The summed E-state index contributed by atoms with van der Waals surface area (Å²) in [6.07, 6.45) is 5.45. The number of hydrogen-bond acceptors (Lipinski definition) is 2. The average molecular weight is 249 g/mol. The molecule has 2 nitrogen and oxygen atoms in total. The molecule has 18 heavy (non-hydrogen) atoms. The summed E-state index contributed by atoms with van der Waals surface area (Å²) in [7, 11) is 0. The van der Waals surface area contributed by atoms with Gasteiger partial charge in [-0.2, -0.15) is 0 Å². The van der Waals surface area contributed by atoms with Crippen molar-refractivity contribution in [3.05, 3.63) is 35.6 Å². The van der Waals surface area contributed by atoms with Crippen LogP contribution in [0.15, 0.2) is 24.3 Å². The second kappa shape index (κ2) is 4.63. The van der Waals surface area contributed by atoms with E-state index in [0.29, 0.717) is 24.1 Å². The second-order valence-electron chi connectivity index (χ2n) is 5.89. The van der Waals surface area contributed by atoms with Crippen LogP contribution in [0.2, 0.25) is 0 Å². The van der Waals surface area contributed by atoms with E-state index in [0.717, 1.165) is 25.7 Å². The van der Waals surface area contributed by atoms with Crippen molar-refractivity contribution in [3.8, 4) is 0 Å². The summed E-state index contributed by atoms with van der Waals surface area (Å²) >= 11 is 0. The van der Waals surface area contributed by atoms with Crippen LogP contribution in [0, 0.1) is 5.82 Å². The van der Waals surface area contributed by atoms with Crippen molar-refractivity contribution >= 4 is 0 Å². The molecule has 98 valence electrons. The molecule has 1 aromatic carbocycles. The maximum atomic E-state index is 13.7. The van der Waals surface area contributed by atoms with E-state index in [-0.39, 0.29) is 5.82 Å². The van der Waals surface area contributed by atoms with Crippen LogP contribution in [0.3, 0.4) is 0 Å². The van der Waals surface area contributed by atoms with Crippen LogP contribution in [0.4, 0.5) is 4.39 Å². The molecule has 2 N–H and O–H groups in total. The highest BCUT2D eigenvalue weighted by atomic mass is 19.1. The minimum absolute atomic E-state index is 0.199. The van der Waals surface area contributed by atoms with Gasteiger partial charge in [0.15, 0.2) is 0 Å². The molecule has 3 rings (SSSR count). The number of hydrogen-bond donors (Lipinski definition) is 2. The molecule has 2 aliphatic rings. The van der Waals surface area contributed by atoms with Gasteiger partial charge in [-0.05, 0) is 37.3 Å². The number of fused-ring (bicyclic) bond motifs is 2. The monoisotopic (exact) mass is 249 g/mol. The topological polar surface area (TPSA) is 32.3 Å². The maximum absolute atomic E-state index is 13.7. The Morgan fingerprint density at radius 1 is 1.22 bits per heavy atom. The summed E-state index contributed by atoms with van der Waals surface area (Å²) in [5.41, 5.74) is -0.0941. The van der Waals surface area contributed by atoms with E-state index in [1.54, 1.807) is 12.1 Å². The molecule has 0 radical (unpaired) electrons. The highest BCUT2D eigenvalue weighted by Crippen LogP contribution is 2.35. The molecule has 2 aliphatic heterocycles. The predicted molar refractivity (Wildman–Crippen MR) is 68.9 cm³/mol.